The zero-order valence-electron chi connectivity index (χ0n) is 11.7. The molecule has 106 valence electrons. The van der Waals surface area contributed by atoms with Crippen LogP contribution in [0.25, 0.3) is 6.08 Å². The molecular weight excluding hydrogens is 259 g/mol. The number of benzene rings is 1. The Hall–Kier alpha value is -2.35. The van der Waals surface area contributed by atoms with Crippen molar-refractivity contribution in [3.8, 4) is 6.07 Å². The molecule has 0 spiro atoms. The number of carbonyl (C=O) groups excluding carboxylic acids is 1. The van der Waals surface area contributed by atoms with Gasteiger partial charge in [0.05, 0.1) is 11.6 Å². The lowest BCUT2D eigenvalue weighted by Gasteiger charge is -2.19. The Kier molecular flexibility index (Phi) is 5.27. The van der Waals surface area contributed by atoms with Crippen LogP contribution in [0.4, 0.5) is 9.18 Å². The minimum Gasteiger partial charge on any atom is -0.444 e. The summed E-state index contributed by atoms with van der Waals surface area (Å²) in [4.78, 5) is 11.4. The van der Waals surface area contributed by atoms with Crippen molar-refractivity contribution in [3.05, 3.63) is 41.2 Å². The topological polar surface area (TPSA) is 62.1 Å². The van der Waals surface area contributed by atoms with E-state index in [4.69, 9.17) is 10.00 Å². The van der Waals surface area contributed by atoms with E-state index >= 15 is 0 Å². The highest BCUT2D eigenvalue weighted by atomic mass is 19.1. The quantitative estimate of drug-likeness (QED) is 0.921. The Morgan fingerprint density at radius 1 is 1.50 bits per heavy atom. The monoisotopic (exact) mass is 276 g/mol. The van der Waals surface area contributed by atoms with E-state index in [1.807, 2.05) is 6.07 Å². The van der Waals surface area contributed by atoms with Crippen molar-refractivity contribution in [2.24, 2.45) is 0 Å². The summed E-state index contributed by atoms with van der Waals surface area (Å²) in [6, 6.07) is 6.03. The second-order valence-corrected chi connectivity index (χ2v) is 5.13. The lowest BCUT2D eigenvalue weighted by Crippen LogP contribution is -2.32. The molecule has 0 fully saturated rings. The first-order chi connectivity index (χ1) is 9.31. The number of nitrogens with zero attached hydrogens (tertiary/aromatic N) is 1. The summed E-state index contributed by atoms with van der Waals surface area (Å²) in [6.07, 6.45) is 2.56. The van der Waals surface area contributed by atoms with Gasteiger partial charge in [-0.05, 0) is 39.0 Å². The van der Waals surface area contributed by atoms with Crippen LogP contribution in [-0.2, 0) is 4.74 Å². The van der Waals surface area contributed by atoms with Crippen LogP contribution < -0.4 is 5.32 Å². The smallest absolute Gasteiger partial charge is 0.407 e. The van der Waals surface area contributed by atoms with Crippen molar-refractivity contribution in [1.82, 2.24) is 5.32 Å². The minimum atomic E-state index is -0.555. The van der Waals surface area contributed by atoms with E-state index in [1.165, 1.54) is 24.3 Å². The predicted molar refractivity (Wildman–Crippen MR) is 74.4 cm³/mol. The number of rotatable bonds is 3. The molecular formula is C15H17FN2O2. The maximum absolute atomic E-state index is 13.4. The van der Waals surface area contributed by atoms with Crippen LogP contribution in [0.15, 0.2) is 24.3 Å². The van der Waals surface area contributed by atoms with Crippen molar-refractivity contribution in [2.45, 2.75) is 26.4 Å². The predicted octanol–water partition coefficient (Wildman–Crippen LogP) is 3.24. The molecule has 1 rings (SSSR count). The molecule has 0 aliphatic carbocycles. The zero-order valence-corrected chi connectivity index (χ0v) is 11.7. The summed E-state index contributed by atoms with van der Waals surface area (Å²) < 4.78 is 18.5. The minimum absolute atomic E-state index is 0.213. The lowest BCUT2D eigenvalue weighted by atomic mass is 10.1. The maximum Gasteiger partial charge on any atom is 0.407 e. The highest BCUT2D eigenvalue weighted by Crippen LogP contribution is 2.11. The van der Waals surface area contributed by atoms with Crippen LogP contribution in [-0.4, -0.2) is 18.2 Å². The summed E-state index contributed by atoms with van der Waals surface area (Å²) in [6.45, 7) is 5.52. The SMILES string of the molecule is CC(C)(C)OC(=O)NCC=Cc1cc(C#N)ccc1F. The molecule has 0 unspecified atom stereocenters. The Balaban J connectivity index is 2.54. The number of nitrogens with one attached hydrogen (secondary N) is 1. The van der Waals surface area contributed by atoms with E-state index in [-0.39, 0.29) is 6.54 Å². The van der Waals surface area contributed by atoms with Gasteiger partial charge in [0.2, 0.25) is 0 Å². The summed E-state index contributed by atoms with van der Waals surface area (Å²) in [5.41, 5.74) is 0.127. The lowest BCUT2D eigenvalue weighted by molar-refractivity contribution is 0.0534. The normalized spacial score (nSPS) is 11.2. The van der Waals surface area contributed by atoms with Crippen LogP contribution in [0.2, 0.25) is 0 Å². The van der Waals surface area contributed by atoms with Crippen molar-refractivity contribution in [1.29, 1.82) is 5.26 Å². The largest absolute Gasteiger partial charge is 0.444 e. The van der Waals surface area contributed by atoms with Gasteiger partial charge in [-0.25, -0.2) is 9.18 Å². The molecule has 0 atom stereocenters. The third-order valence-electron chi connectivity index (χ3n) is 2.19. The van der Waals surface area contributed by atoms with Gasteiger partial charge in [-0.2, -0.15) is 5.26 Å². The number of carbonyl (C=O) groups is 1. The molecule has 1 amide bonds. The van der Waals surface area contributed by atoms with E-state index in [9.17, 15) is 9.18 Å². The number of halogens is 1. The summed E-state index contributed by atoms with van der Waals surface area (Å²) in [5, 5.41) is 11.3. The van der Waals surface area contributed by atoms with Gasteiger partial charge in [-0.15, -0.1) is 0 Å². The Morgan fingerprint density at radius 3 is 2.80 bits per heavy atom. The molecule has 1 aromatic rings. The van der Waals surface area contributed by atoms with Gasteiger partial charge in [0, 0.05) is 12.1 Å². The maximum atomic E-state index is 13.4. The molecule has 20 heavy (non-hydrogen) atoms. The Morgan fingerprint density at radius 2 is 2.20 bits per heavy atom. The van der Waals surface area contributed by atoms with Gasteiger partial charge in [-0.3, -0.25) is 0 Å². The van der Waals surface area contributed by atoms with Gasteiger partial charge >= 0.3 is 6.09 Å². The second kappa shape index (κ2) is 6.71. The highest BCUT2D eigenvalue weighted by molar-refractivity contribution is 5.68. The fraction of sp³-hybridized carbons (Fsp3) is 0.333. The molecule has 1 N–H and O–H groups in total. The first kappa shape index (κ1) is 15.7. The van der Waals surface area contributed by atoms with Crippen molar-refractivity contribution < 1.29 is 13.9 Å². The van der Waals surface area contributed by atoms with Crippen LogP contribution >= 0.6 is 0 Å². The van der Waals surface area contributed by atoms with Gasteiger partial charge < -0.3 is 10.1 Å². The van der Waals surface area contributed by atoms with Crippen LogP contribution in [0, 0.1) is 17.1 Å². The van der Waals surface area contributed by atoms with Crippen molar-refractivity contribution >= 4 is 12.2 Å². The van der Waals surface area contributed by atoms with Crippen LogP contribution in [0.5, 0.6) is 0 Å². The van der Waals surface area contributed by atoms with Crippen molar-refractivity contribution in [2.75, 3.05) is 6.54 Å². The summed E-state index contributed by atoms with van der Waals surface area (Å²) >= 11 is 0. The van der Waals surface area contributed by atoms with E-state index in [1.54, 1.807) is 26.8 Å². The first-order valence-electron chi connectivity index (χ1n) is 6.15. The average Bonchev–Trinajstić information content (AvgIpc) is 2.34. The molecule has 4 nitrogen and oxygen atoms in total. The average molecular weight is 276 g/mol. The van der Waals surface area contributed by atoms with Crippen LogP contribution in [0.3, 0.4) is 0 Å². The van der Waals surface area contributed by atoms with Crippen LogP contribution in [0.1, 0.15) is 31.9 Å². The molecule has 0 aliphatic heterocycles. The molecule has 0 aliphatic rings. The van der Waals surface area contributed by atoms with Gasteiger partial charge in [-0.1, -0.05) is 12.2 Å². The van der Waals surface area contributed by atoms with E-state index in [0.29, 0.717) is 11.1 Å². The molecule has 0 bridgehead atoms. The summed E-state index contributed by atoms with van der Waals surface area (Å²) in [5.74, 6) is -0.419. The number of amides is 1. The molecule has 0 saturated carbocycles. The van der Waals surface area contributed by atoms with Crippen molar-refractivity contribution in [3.63, 3.8) is 0 Å². The second-order valence-electron chi connectivity index (χ2n) is 5.13. The highest BCUT2D eigenvalue weighted by Gasteiger charge is 2.14. The number of hydrogen-bond acceptors (Lipinski definition) is 3. The fourth-order valence-electron chi connectivity index (χ4n) is 1.38. The molecule has 0 aromatic heterocycles. The molecule has 1 aromatic carbocycles. The van der Waals surface area contributed by atoms with E-state index < -0.39 is 17.5 Å². The third-order valence-corrected chi connectivity index (χ3v) is 2.19. The van der Waals surface area contributed by atoms with Gasteiger partial charge in [0.1, 0.15) is 11.4 Å². The Labute approximate surface area is 117 Å². The zero-order chi connectivity index (χ0) is 15.2. The first-order valence-corrected chi connectivity index (χ1v) is 6.15. The number of nitriles is 1. The summed E-state index contributed by atoms with van der Waals surface area (Å²) in [7, 11) is 0. The molecule has 5 heteroatoms. The third kappa shape index (κ3) is 5.53. The number of hydrogen-bond donors (Lipinski definition) is 1. The number of alkyl carbamates (subject to hydrolysis) is 1. The molecule has 0 saturated heterocycles. The Bertz CT molecular complexity index is 554. The van der Waals surface area contributed by atoms with E-state index in [2.05, 4.69) is 5.32 Å². The van der Waals surface area contributed by atoms with E-state index in [0.717, 1.165) is 0 Å². The van der Waals surface area contributed by atoms with Gasteiger partial charge in [0.15, 0.2) is 0 Å². The molecule has 0 heterocycles. The number of ether oxygens (including phenoxy) is 1. The molecule has 0 radical (unpaired) electrons. The van der Waals surface area contributed by atoms with Gasteiger partial charge in [0.25, 0.3) is 0 Å². The standard InChI is InChI=1S/C15H17FN2O2/c1-15(2,3)20-14(19)18-8-4-5-12-9-11(10-17)6-7-13(12)16/h4-7,9H,8H2,1-3H3,(H,18,19). The fourth-order valence-corrected chi connectivity index (χ4v) is 1.38.